The molecule has 1 amide bonds. The summed E-state index contributed by atoms with van der Waals surface area (Å²) in [6.07, 6.45) is 3.03. The van der Waals surface area contributed by atoms with Crippen LogP contribution in [0.1, 0.15) is 26.0 Å². The van der Waals surface area contributed by atoms with E-state index in [1.807, 2.05) is 0 Å². The van der Waals surface area contributed by atoms with Gasteiger partial charge in [-0.3, -0.25) is 4.79 Å². The zero-order chi connectivity index (χ0) is 13.0. The summed E-state index contributed by atoms with van der Waals surface area (Å²) in [5.74, 6) is 0.898. The van der Waals surface area contributed by atoms with Gasteiger partial charge in [0, 0.05) is 25.1 Å². The first-order valence-electron chi connectivity index (χ1n) is 6.44. The van der Waals surface area contributed by atoms with Gasteiger partial charge in [0.2, 0.25) is 5.91 Å². The second-order valence-corrected chi connectivity index (χ2v) is 5.10. The number of rotatable bonds is 5. The topological polar surface area (TPSA) is 64.4 Å². The fraction of sp³-hybridized carbons (Fsp3) is 0.692. The van der Waals surface area contributed by atoms with E-state index in [-0.39, 0.29) is 18.4 Å². The average molecular weight is 252 g/mol. The molecule has 18 heavy (non-hydrogen) atoms. The van der Waals surface area contributed by atoms with Gasteiger partial charge in [0.15, 0.2) is 0 Å². The molecule has 2 atom stereocenters. The molecule has 0 unspecified atom stereocenters. The van der Waals surface area contributed by atoms with Crippen molar-refractivity contribution in [3.8, 4) is 0 Å². The molecule has 0 radical (unpaired) electrons. The summed E-state index contributed by atoms with van der Waals surface area (Å²) >= 11 is 0. The van der Waals surface area contributed by atoms with E-state index in [9.17, 15) is 4.79 Å². The molecule has 0 spiro atoms. The Balaban J connectivity index is 1.75. The maximum atomic E-state index is 11.7. The smallest absolute Gasteiger partial charge is 0.226 e. The van der Waals surface area contributed by atoms with Gasteiger partial charge in [-0.15, -0.1) is 0 Å². The maximum Gasteiger partial charge on any atom is 0.226 e. The molecule has 0 saturated carbocycles. The van der Waals surface area contributed by atoms with Crippen molar-refractivity contribution >= 4 is 5.91 Å². The summed E-state index contributed by atoms with van der Waals surface area (Å²) in [5, 5.41) is 6.67. The number of hydrogen-bond donors (Lipinski definition) is 1. The van der Waals surface area contributed by atoms with Crippen LogP contribution < -0.4 is 5.32 Å². The van der Waals surface area contributed by atoms with Crippen molar-refractivity contribution < 1.29 is 14.1 Å². The van der Waals surface area contributed by atoms with Crippen molar-refractivity contribution in [2.45, 2.75) is 32.8 Å². The van der Waals surface area contributed by atoms with Gasteiger partial charge < -0.3 is 14.6 Å². The Morgan fingerprint density at radius 2 is 2.44 bits per heavy atom. The molecule has 1 aliphatic rings. The van der Waals surface area contributed by atoms with Crippen LogP contribution in [0.3, 0.4) is 0 Å². The van der Waals surface area contributed by atoms with E-state index >= 15 is 0 Å². The summed E-state index contributed by atoms with van der Waals surface area (Å²) in [5.41, 5.74) is 0.663. The van der Waals surface area contributed by atoms with Crippen LogP contribution in [0.4, 0.5) is 0 Å². The molecule has 100 valence electrons. The third-order valence-corrected chi connectivity index (χ3v) is 3.31. The van der Waals surface area contributed by atoms with Gasteiger partial charge in [0.1, 0.15) is 6.26 Å². The van der Waals surface area contributed by atoms with Gasteiger partial charge in [-0.25, -0.2) is 0 Å². The van der Waals surface area contributed by atoms with E-state index in [1.165, 1.54) is 6.26 Å². The van der Waals surface area contributed by atoms with Crippen LogP contribution in [0, 0.1) is 11.8 Å². The Kier molecular flexibility index (Phi) is 4.36. The number of hydrogen-bond acceptors (Lipinski definition) is 4. The van der Waals surface area contributed by atoms with Crippen LogP contribution in [-0.4, -0.2) is 30.3 Å². The normalized spacial score (nSPS) is 23.5. The quantitative estimate of drug-likeness (QED) is 0.860. The maximum absolute atomic E-state index is 11.7. The third-order valence-electron chi connectivity index (χ3n) is 3.31. The van der Waals surface area contributed by atoms with E-state index < -0.39 is 0 Å². The minimum Gasteiger partial charge on any atom is -0.378 e. The third kappa shape index (κ3) is 3.32. The number of nitrogens with zero attached hydrogens (tertiary/aromatic N) is 1. The summed E-state index contributed by atoms with van der Waals surface area (Å²) in [7, 11) is 0. The lowest BCUT2D eigenvalue weighted by atomic mass is 9.93. The fourth-order valence-electron chi connectivity index (χ4n) is 2.41. The van der Waals surface area contributed by atoms with E-state index in [0.29, 0.717) is 24.1 Å². The first-order valence-corrected chi connectivity index (χ1v) is 6.44. The van der Waals surface area contributed by atoms with Crippen LogP contribution >= 0.6 is 0 Å². The number of nitrogens with one attached hydrogen (secondary N) is 1. The molecule has 0 bridgehead atoms. The monoisotopic (exact) mass is 252 g/mol. The van der Waals surface area contributed by atoms with Gasteiger partial charge in [0.25, 0.3) is 0 Å². The molecule has 0 aromatic carbocycles. The van der Waals surface area contributed by atoms with Crippen molar-refractivity contribution in [1.82, 2.24) is 10.5 Å². The zero-order valence-electron chi connectivity index (χ0n) is 10.9. The highest BCUT2D eigenvalue weighted by molar-refractivity contribution is 5.77. The highest BCUT2D eigenvalue weighted by Crippen LogP contribution is 2.26. The Bertz CT molecular complexity index is 376. The van der Waals surface area contributed by atoms with Crippen molar-refractivity contribution in [3.63, 3.8) is 0 Å². The lowest BCUT2D eigenvalue weighted by Gasteiger charge is -2.22. The van der Waals surface area contributed by atoms with Gasteiger partial charge >= 0.3 is 0 Å². The number of ether oxygens (including phenoxy) is 1. The molecule has 2 rings (SSSR count). The van der Waals surface area contributed by atoms with Crippen LogP contribution in [0.2, 0.25) is 0 Å². The first kappa shape index (κ1) is 13.1. The minimum atomic E-state index is -0.0155. The Hall–Kier alpha value is -1.36. The second-order valence-electron chi connectivity index (χ2n) is 5.10. The number of amides is 1. The SMILES string of the molecule is CC(C)[C@H]1OCC[C@@H]1CNC(=O)Cc1ccon1. The number of carbonyl (C=O) groups excluding carboxylic acids is 1. The summed E-state index contributed by atoms with van der Waals surface area (Å²) in [6, 6.07) is 1.70. The zero-order valence-corrected chi connectivity index (χ0v) is 10.9. The van der Waals surface area contributed by atoms with Crippen molar-refractivity contribution in [1.29, 1.82) is 0 Å². The molecule has 1 aromatic rings. The van der Waals surface area contributed by atoms with Crippen LogP contribution in [-0.2, 0) is 16.0 Å². The first-order chi connectivity index (χ1) is 8.66. The van der Waals surface area contributed by atoms with Gasteiger partial charge in [-0.1, -0.05) is 19.0 Å². The number of aromatic nitrogens is 1. The van der Waals surface area contributed by atoms with Crippen molar-refractivity contribution in [2.24, 2.45) is 11.8 Å². The Morgan fingerprint density at radius 1 is 1.61 bits per heavy atom. The van der Waals surface area contributed by atoms with Crippen molar-refractivity contribution in [3.05, 3.63) is 18.0 Å². The van der Waals surface area contributed by atoms with Gasteiger partial charge in [-0.2, -0.15) is 0 Å². The molecular weight excluding hydrogens is 232 g/mol. The van der Waals surface area contributed by atoms with Crippen LogP contribution in [0.25, 0.3) is 0 Å². The van der Waals surface area contributed by atoms with Crippen LogP contribution in [0.5, 0.6) is 0 Å². The summed E-state index contributed by atoms with van der Waals surface area (Å²) < 4.78 is 10.4. The second kappa shape index (κ2) is 6.00. The molecule has 1 aromatic heterocycles. The van der Waals surface area contributed by atoms with E-state index in [0.717, 1.165) is 13.0 Å². The molecule has 0 aliphatic carbocycles. The Morgan fingerprint density at radius 3 is 3.11 bits per heavy atom. The lowest BCUT2D eigenvalue weighted by molar-refractivity contribution is -0.120. The molecule has 1 fully saturated rings. The van der Waals surface area contributed by atoms with E-state index in [1.54, 1.807) is 6.07 Å². The molecule has 1 aliphatic heterocycles. The Labute approximate surface area is 107 Å². The van der Waals surface area contributed by atoms with Gasteiger partial charge in [0.05, 0.1) is 18.2 Å². The largest absolute Gasteiger partial charge is 0.378 e. The molecule has 1 saturated heterocycles. The van der Waals surface area contributed by atoms with Crippen LogP contribution in [0.15, 0.2) is 16.9 Å². The molecule has 5 heteroatoms. The van der Waals surface area contributed by atoms with Gasteiger partial charge in [-0.05, 0) is 12.3 Å². The van der Waals surface area contributed by atoms with Crippen molar-refractivity contribution in [2.75, 3.05) is 13.2 Å². The molecule has 2 heterocycles. The predicted octanol–water partition coefficient (Wildman–Crippen LogP) is 1.39. The average Bonchev–Trinajstić information content (AvgIpc) is 2.96. The van der Waals surface area contributed by atoms with E-state index in [4.69, 9.17) is 9.26 Å². The molecule has 1 N–H and O–H groups in total. The summed E-state index contributed by atoms with van der Waals surface area (Å²) in [4.78, 5) is 11.7. The lowest BCUT2D eigenvalue weighted by Crippen LogP contribution is -2.35. The highest BCUT2D eigenvalue weighted by atomic mass is 16.5. The highest BCUT2D eigenvalue weighted by Gasteiger charge is 2.30. The summed E-state index contributed by atoms with van der Waals surface area (Å²) in [6.45, 7) is 5.78. The predicted molar refractivity (Wildman–Crippen MR) is 65.9 cm³/mol. The molecule has 5 nitrogen and oxygen atoms in total. The standard InChI is InChI=1S/C13H20N2O3/c1-9(2)13-10(3-5-17-13)8-14-12(16)7-11-4-6-18-15-11/h4,6,9-10,13H,3,5,7-8H2,1-2H3,(H,14,16)/t10-,13-/m1/s1. The molecular formula is C13H20N2O3. The minimum absolute atomic E-state index is 0.0155. The van der Waals surface area contributed by atoms with E-state index in [2.05, 4.69) is 24.3 Å². The fourth-order valence-corrected chi connectivity index (χ4v) is 2.41. The number of carbonyl (C=O) groups is 1.